The van der Waals surface area contributed by atoms with E-state index in [4.69, 9.17) is 23.2 Å². The summed E-state index contributed by atoms with van der Waals surface area (Å²) in [6, 6.07) is 12.7. The van der Waals surface area contributed by atoms with E-state index in [1.807, 2.05) is 0 Å². The largest absolute Gasteiger partial charge is 0.282 e. The molecule has 2 aromatic carbocycles. The van der Waals surface area contributed by atoms with Crippen LogP contribution in [0.1, 0.15) is 5.56 Å². The average Bonchev–Trinajstić information content (AvgIpc) is 2.39. The minimum atomic E-state index is -3.71. The van der Waals surface area contributed by atoms with E-state index in [1.54, 1.807) is 30.3 Å². The number of rotatable bonds is 3. The molecule has 0 N–H and O–H groups in total. The van der Waals surface area contributed by atoms with Crippen LogP contribution in [-0.2, 0) is 10.0 Å². The van der Waals surface area contributed by atoms with Crippen LogP contribution in [0.15, 0.2) is 57.8 Å². The van der Waals surface area contributed by atoms with Crippen LogP contribution >= 0.6 is 23.2 Å². The fourth-order valence-electron chi connectivity index (χ4n) is 1.39. The van der Waals surface area contributed by atoms with E-state index in [9.17, 15) is 8.42 Å². The lowest BCUT2D eigenvalue weighted by Crippen LogP contribution is -1.97. The first-order valence-electron chi connectivity index (χ1n) is 5.29. The zero-order valence-electron chi connectivity index (χ0n) is 9.62. The van der Waals surface area contributed by atoms with Gasteiger partial charge in [-0.2, -0.15) is 12.8 Å². The summed E-state index contributed by atoms with van der Waals surface area (Å²) in [6.07, 6.45) is 1.21. The van der Waals surface area contributed by atoms with Gasteiger partial charge in [0.25, 0.3) is 10.0 Å². The van der Waals surface area contributed by atoms with Gasteiger partial charge in [0.2, 0.25) is 0 Å². The standard InChI is InChI=1S/C13H9Cl2NO2S/c14-11-7-6-10(13(15)8-11)9-16-19(17,18)12-4-2-1-3-5-12/h1-9H/b16-9+. The molecule has 0 aliphatic carbocycles. The highest BCUT2D eigenvalue weighted by Gasteiger charge is 2.10. The van der Waals surface area contributed by atoms with E-state index in [-0.39, 0.29) is 4.90 Å². The van der Waals surface area contributed by atoms with Crippen LogP contribution in [0, 0.1) is 0 Å². The second kappa shape index (κ2) is 5.74. The van der Waals surface area contributed by atoms with Gasteiger partial charge in [-0.1, -0.05) is 47.5 Å². The number of sulfonamides is 1. The van der Waals surface area contributed by atoms with Crippen molar-refractivity contribution in [2.45, 2.75) is 4.90 Å². The van der Waals surface area contributed by atoms with Crippen LogP contribution < -0.4 is 0 Å². The molecule has 3 nitrogen and oxygen atoms in total. The highest BCUT2D eigenvalue weighted by atomic mass is 35.5. The van der Waals surface area contributed by atoms with E-state index in [0.29, 0.717) is 15.6 Å². The van der Waals surface area contributed by atoms with Crippen molar-refractivity contribution >= 4 is 39.4 Å². The van der Waals surface area contributed by atoms with Gasteiger partial charge in [-0.15, -0.1) is 0 Å². The Bertz CT molecular complexity index is 713. The van der Waals surface area contributed by atoms with Crippen molar-refractivity contribution in [2.24, 2.45) is 4.40 Å². The van der Waals surface area contributed by atoms with Crippen LogP contribution in [0.5, 0.6) is 0 Å². The topological polar surface area (TPSA) is 46.5 Å². The molecular weight excluding hydrogens is 305 g/mol. The third-order valence-corrected chi connectivity index (χ3v) is 4.15. The molecule has 0 radical (unpaired) electrons. The van der Waals surface area contributed by atoms with Crippen molar-refractivity contribution in [2.75, 3.05) is 0 Å². The zero-order chi connectivity index (χ0) is 13.9. The Balaban J connectivity index is 2.33. The molecule has 0 aromatic heterocycles. The number of benzene rings is 2. The number of nitrogens with zero attached hydrogens (tertiary/aromatic N) is 1. The first-order chi connectivity index (χ1) is 8.99. The molecule has 0 aliphatic rings. The quantitative estimate of drug-likeness (QED) is 0.809. The van der Waals surface area contributed by atoms with Gasteiger partial charge in [0.1, 0.15) is 0 Å². The monoisotopic (exact) mass is 313 g/mol. The first kappa shape index (κ1) is 14.1. The molecule has 0 saturated carbocycles. The molecule has 6 heteroatoms. The van der Waals surface area contributed by atoms with Gasteiger partial charge in [-0.05, 0) is 24.3 Å². The molecule has 0 aliphatic heterocycles. The molecule has 19 heavy (non-hydrogen) atoms. The van der Waals surface area contributed by atoms with Gasteiger partial charge in [-0.25, -0.2) is 0 Å². The van der Waals surface area contributed by atoms with Crippen LogP contribution in [-0.4, -0.2) is 14.6 Å². The van der Waals surface area contributed by atoms with Crippen LogP contribution in [0.3, 0.4) is 0 Å². The third kappa shape index (κ3) is 3.56. The van der Waals surface area contributed by atoms with Gasteiger partial charge in [-0.3, -0.25) is 0 Å². The van der Waals surface area contributed by atoms with Crippen LogP contribution in [0.2, 0.25) is 10.0 Å². The molecule has 0 saturated heterocycles. The fraction of sp³-hybridized carbons (Fsp3) is 0. The lowest BCUT2D eigenvalue weighted by molar-refractivity contribution is 0.598. The average molecular weight is 314 g/mol. The van der Waals surface area contributed by atoms with Crippen LogP contribution in [0.4, 0.5) is 0 Å². The van der Waals surface area contributed by atoms with E-state index in [2.05, 4.69) is 4.40 Å². The lowest BCUT2D eigenvalue weighted by Gasteiger charge is -1.99. The molecule has 2 aromatic rings. The van der Waals surface area contributed by atoms with E-state index in [1.165, 1.54) is 24.4 Å². The molecule has 0 bridgehead atoms. The summed E-state index contributed by atoms with van der Waals surface area (Å²) in [7, 11) is -3.71. The van der Waals surface area contributed by atoms with E-state index in [0.717, 1.165) is 0 Å². The Morgan fingerprint density at radius 1 is 1.00 bits per heavy atom. The Morgan fingerprint density at radius 2 is 1.68 bits per heavy atom. The Kier molecular flexibility index (Phi) is 4.24. The minimum Gasteiger partial charge on any atom is -0.199 e. The number of hydrogen-bond donors (Lipinski definition) is 0. The van der Waals surface area contributed by atoms with E-state index < -0.39 is 10.0 Å². The van der Waals surface area contributed by atoms with E-state index >= 15 is 0 Å². The summed E-state index contributed by atoms with van der Waals surface area (Å²) in [4.78, 5) is 0.135. The fourth-order valence-corrected chi connectivity index (χ4v) is 2.72. The molecule has 0 amide bonds. The Morgan fingerprint density at radius 3 is 2.32 bits per heavy atom. The van der Waals surface area contributed by atoms with Crippen molar-refractivity contribution in [1.82, 2.24) is 0 Å². The maximum atomic E-state index is 11.9. The van der Waals surface area contributed by atoms with Gasteiger partial charge in [0.05, 0.1) is 9.92 Å². The molecule has 0 spiro atoms. The SMILES string of the molecule is O=S(=O)(/N=C/c1ccc(Cl)cc1Cl)c1ccccc1. The smallest absolute Gasteiger partial charge is 0.199 e. The van der Waals surface area contributed by atoms with Crippen LogP contribution in [0.25, 0.3) is 0 Å². The summed E-state index contributed by atoms with van der Waals surface area (Å²) >= 11 is 11.7. The second-order valence-corrected chi connectivity index (χ2v) is 6.16. The highest BCUT2D eigenvalue weighted by molar-refractivity contribution is 7.90. The predicted octanol–water partition coefficient (Wildman–Crippen LogP) is 3.80. The van der Waals surface area contributed by atoms with Gasteiger partial charge in [0.15, 0.2) is 0 Å². The summed E-state index contributed by atoms with van der Waals surface area (Å²) in [5.41, 5.74) is 0.491. The maximum Gasteiger partial charge on any atom is 0.282 e. The summed E-state index contributed by atoms with van der Waals surface area (Å²) < 4.78 is 27.4. The number of halogens is 2. The summed E-state index contributed by atoms with van der Waals surface area (Å²) in [5, 5.41) is 0.826. The third-order valence-electron chi connectivity index (χ3n) is 2.33. The molecular formula is C13H9Cl2NO2S. The van der Waals surface area contributed by atoms with Crippen molar-refractivity contribution < 1.29 is 8.42 Å². The summed E-state index contributed by atoms with van der Waals surface area (Å²) in [6.45, 7) is 0. The predicted molar refractivity (Wildman–Crippen MR) is 77.7 cm³/mol. The Labute approximate surface area is 121 Å². The molecule has 98 valence electrons. The van der Waals surface area contributed by atoms with Crippen molar-refractivity contribution in [3.63, 3.8) is 0 Å². The Hall–Kier alpha value is -1.36. The molecule has 0 fully saturated rings. The first-order valence-corrected chi connectivity index (χ1v) is 7.49. The normalized spacial score (nSPS) is 11.9. The van der Waals surface area contributed by atoms with Crippen molar-refractivity contribution in [3.8, 4) is 0 Å². The minimum absolute atomic E-state index is 0.135. The second-order valence-electron chi connectivity index (χ2n) is 3.69. The number of hydrogen-bond acceptors (Lipinski definition) is 2. The molecule has 0 unspecified atom stereocenters. The maximum absolute atomic E-state index is 11.9. The lowest BCUT2D eigenvalue weighted by atomic mass is 10.2. The molecule has 2 rings (SSSR count). The summed E-state index contributed by atoms with van der Waals surface area (Å²) in [5.74, 6) is 0. The molecule has 0 atom stereocenters. The van der Waals surface area contributed by atoms with Gasteiger partial charge >= 0.3 is 0 Å². The van der Waals surface area contributed by atoms with Gasteiger partial charge < -0.3 is 0 Å². The van der Waals surface area contributed by atoms with Crippen molar-refractivity contribution in [1.29, 1.82) is 0 Å². The zero-order valence-corrected chi connectivity index (χ0v) is 12.0. The molecule has 0 heterocycles. The van der Waals surface area contributed by atoms with Gasteiger partial charge in [0, 0.05) is 16.8 Å². The highest BCUT2D eigenvalue weighted by Crippen LogP contribution is 2.20. The van der Waals surface area contributed by atoms with Crippen molar-refractivity contribution in [3.05, 3.63) is 64.1 Å².